The van der Waals surface area contributed by atoms with E-state index in [1.54, 1.807) is 25.3 Å². The topological polar surface area (TPSA) is 82.8 Å². The van der Waals surface area contributed by atoms with E-state index in [9.17, 15) is 4.79 Å². The van der Waals surface area contributed by atoms with Crippen molar-refractivity contribution in [3.63, 3.8) is 0 Å². The lowest BCUT2D eigenvalue weighted by Crippen LogP contribution is -2.33. The lowest BCUT2D eigenvalue weighted by molar-refractivity contribution is 0.0271. The van der Waals surface area contributed by atoms with Gasteiger partial charge in [-0.1, -0.05) is 0 Å². The van der Waals surface area contributed by atoms with E-state index in [2.05, 4.69) is 5.43 Å². The van der Waals surface area contributed by atoms with E-state index < -0.39 is 0 Å². The number of amides is 1. The van der Waals surface area contributed by atoms with Gasteiger partial charge in [0.25, 0.3) is 5.91 Å². The highest BCUT2D eigenvalue weighted by atomic mass is 16.6. The van der Waals surface area contributed by atoms with Gasteiger partial charge in [0.15, 0.2) is 17.6 Å². The first kappa shape index (κ1) is 11.7. The summed E-state index contributed by atoms with van der Waals surface area (Å²) in [6.07, 6.45) is -0.163. The number of carbonyl (C=O) groups is 1. The molecule has 0 fully saturated rings. The van der Waals surface area contributed by atoms with Crippen LogP contribution >= 0.6 is 0 Å². The molecule has 0 aliphatic carbocycles. The molecule has 1 heterocycles. The zero-order valence-electron chi connectivity index (χ0n) is 9.43. The Morgan fingerprint density at radius 3 is 3.12 bits per heavy atom. The van der Waals surface area contributed by atoms with E-state index in [1.807, 2.05) is 0 Å². The zero-order valence-corrected chi connectivity index (χ0v) is 9.43. The molecule has 0 saturated heterocycles. The maximum absolute atomic E-state index is 11.3. The molecule has 0 unspecified atom stereocenters. The van der Waals surface area contributed by atoms with Gasteiger partial charge in [-0.15, -0.1) is 0 Å². The normalized spacial score (nSPS) is 17.6. The zero-order chi connectivity index (χ0) is 12.3. The predicted molar refractivity (Wildman–Crippen MR) is 59.9 cm³/mol. The Morgan fingerprint density at radius 1 is 1.59 bits per heavy atom. The monoisotopic (exact) mass is 238 g/mol. The first-order valence-electron chi connectivity index (χ1n) is 5.18. The second-order valence-corrected chi connectivity index (χ2v) is 3.64. The van der Waals surface area contributed by atoms with Crippen molar-refractivity contribution in [3.05, 3.63) is 23.8 Å². The summed E-state index contributed by atoms with van der Waals surface area (Å²) >= 11 is 0. The predicted octanol–water partition coefficient (Wildman–Crippen LogP) is 0.0763. The van der Waals surface area contributed by atoms with Gasteiger partial charge in [0.2, 0.25) is 0 Å². The minimum absolute atomic E-state index is 0.163. The Morgan fingerprint density at radius 2 is 2.41 bits per heavy atom. The third kappa shape index (κ3) is 2.48. The smallest absolute Gasteiger partial charge is 0.265 e. The van der Waals surface area contributed by atoms with Crippen LogP contribution in [-0.2, 0) is 4.74 Å². The van der Waals surface area contributed by atoms with E-state index >= 15 is 0 Å². The van der Waals surface area contributed by atoms with Crippen molar-refractivity contribution in [2.75, 3.05) is 20.3 Å². The summed E-state index contributed by atoms with van der Waals surface area (Å²) in [5.41, 5.74) is 2.49. The van der Waals surface area contributed by atoms with Crippen molar-refractivity contribution in [3.8, 4) is 11.5 Å². The van der Waals surface area contributed by atoms with Gasteiger partial charge >= 0.3 is 0 Å². The molecule has 0 radical (unpaired) electrons. The minimum Gasteiger partial charge on any atom is -0.486 e. The maximum Gasteiger partial charge on any atom is 0.265 e. The van der Waals surface area contributed by atoms with Gasteiger partial charge < -0.3 is 14.2 Å². The van der Waals surface area contributed by atoms with E-state index in [4.69, 9.17) is 20.1 Å². The second kappa shape index (κ2) is 5.03. The van der Waals surface area contributed by atoms with Crippen LogP contribution in [0, 0.1) is 0 Å². The van der Waals surface area contributed by atoms with E-state index in [0.717, 1.165) is 0 Å². The van der Waals surface area contributed by atoms with Crippen molar-refractivity contribution < 1.29 is 19.0 Å². The molecule has 0 spiro atoms. The molecule has 6 nitrogen and oxygen atoms in total. The molecule has 1 aliphatic rings. The number of rotatable bonds is 3. The van der Waals surface area contributed by atoms with Crippen LogP contribution in [-0.4, -0.2) is 32.3 Å². The highest BCUT2D eigenvalue weighted by molar-refractivity contribution is 5.94. The number of hydrogen-bond acceptors (Lipinski definition) is 5. The summed E-state index contributed by atoms with van der Waals surface area (Å²) in [5, 5.41) is 0. The molecule has 0 aromatic heterocycles. The summed E-state index contributed by atoms with van der Waals surface area (Å²) in [5.74, 6) is 5.84. The van der Waals surface area contributed by atoms with Gasteiger partial charge in [0, 0.05) is 12.7 Å². The Bertz CT molecular complexity index is 422. The highest BCUT2D eigenvalue weighted by Gasteiger charge is 2.21. The Balaban J connectivity index is 2.20. The Labute approximate surface area is 98.6 Å². The molecule has 3 N–H and O–H groups in total. The van der Waals surface area contributed by atoms with Crippen molar-refractivity contribution >= 4 is 5.91 Å². The second-order valence-electron chi connectivity index (χ2n) is 3.64. The molecule has 2 rings (SSSR count). The van der Waals surface area contributed by atoms with Crippen LogP contribution < -0.4 is 20.7 Å². The van der Waals surface area contributed by atoms with E-state index in [0.29, 0.717) is 30.3 Å². The average molecular weight is 238 g/mol. The number of nitrogens with one attached hydrogen (secondary N) is 1. The lowest BCUT2D eigenvalue weighted by atomic mass is 10.2. The molecular formula is C11H14N2O4. The SMILES string of the molecule is COC[C@H]1COc2ccc(C(=O)NN)cc2O1. The standard InChI is InChI=1S/C11H14N2O4/c1-15-5-8-6-16-9-3-2-7(11(14)13-12)4-10(9)17-8/h2-4,8H,5-6,12H2,1H3,(H,13,14)/t8-/m0/s1. The Kier molecular flexibility index (Phi) is 3.46. The van der Waals surface area contributed by atoms with Gasteiger partial charge in [-0.3, -0.25) is 10.2 Å². The molecule has 1 aromatic rings. The fourth-order valence-corrected chi connectivity index (χ4v) is 1.61. The number of nitrogen functional groups attached to an aromatic ring is 1. The minimum atomic E-state index is -0.370. The number of hydrazine groups is 1. The number of fused-ring (bicyclic) bond motifs is 1. The first-order chi connectivity index (χ1) is 8.24. The molecule has 1 atom stereocenters. The summed E-state index contributed by atoms with van der Waals surface area (Å²) in [6, 6.07) is 4.91. The summed E-state index contributed by atoms with van der Waals surface area (Å²) in [7, 11) is 1.59. The molecule has 17 heavy (non-hydrogen) atoms. The molecule has 1 amide bonds. The molecule has 0 bridgehead atoms. The van der Waals surface area contributed by atoms with Gasteiger partial charge in [-0.2, -0.15) is 0 Å². The van der Waals surface area contributed by atoms with Gasteiger partial charge in [-0.05, 0) is 18.2 Å². The first-order valence-corrected chi connectivity index (χ1v) is 5.18. The lowest BCUT2D eigenvalue weighted by Gasteiger charge is -2.26. The number of benzene rings is 1. The van der Waals surface area contributed by atoms with Crippen molar-refractivity contribution in [2.45, 2.75) is 6.10 Å². The maximum atomic E-state index is 11.3. The fourth-order valence-electron chi connectivity index (χ4n) is 1.61. The number of nitrogens with two attached hydrogens (primary N) is 1. The van der Waals surface area contributed by atoms with Crippen LogP contribution in [0.3, 0.4) is 0 Å². The highest BCUT2D eigenvalue weighted by Crippen LogP contribution is 2.32. The molecule has 6 heteroatoms. The molecule has 92 valence electrons. The molecule has 1 aromatic carbocycles. The number of methoxy groups -OCH3 is 1. The Hall–Kier alpha value is -1.79. The van der Waals surface area contributed by atoms with Crippen LogP contribution in [0.2, 0.25) is 0 Å². The van der Waals surface area contributed by atoms with Gasteiger partial charge in [0.1, 0.15) is 6.61 Å². The van der Waals surface area contributed by atoms with Crippen LogP contribution in [0.1, 0.15) is 10.4 Å². The largest absolute Gasteiger partial charge is 0.486 e. The fraction of sp³-hybridized carbons (Fsp3) is 0.364. The third-order valence-electron chi connectivity index (χ3n) is 2.41. The van der Waals surface area contributed by atoms with Crippen molar-refractivity contribution in [2.24, 2.45) is 5.84 Å². The van der Waals surface area contributed by atoms with Crippen LogP contribution in [0.5, 0.6) is 11.5 Å². The third-order valence-corrected chi connectivity index (χ3v) is 2.41. The number of carbonyl (C=O) groups excluding carboxylic acids is 1. The van der Waals surface area contributed by atoms with E-state index in [-0.39, 0.29) is 12.0 Å². The summed E-state index contributed by atoms with van der Waals surface area (Å²) in [6.45, 7) is 0.871. The average Bonchev–Trinajstić information content (AvgIpc) is 2.37. The molecular weight excluding hydrogens is 224 g/mol. The van der Waals surface area contributed by atoms with Crippen molar-refractivity contribution in [1.82, 2.24) is 5.43 Å². The van der Waals surface area contributed by atoms with Crippen LogP contribution in [0.15, 0.2) is 18.2 Å². The summed E-state index contributed by atoms with van der Waals surface area (Å²) in [4.78, 5) is 11.3. The number of hydrogen-bond donors (Lipinski definition) is 2. The molecule has 1 aliphatic heterocycles. The van der Waals surface area contributed by atoms with E-state index in [1.165, 1.54) is 0 Å². The quantitative estimate of drug-likeness (QED) is 0.442. The summed E-state index contributed by atoms with van der Waals surface area (Å²) < 4.78 is 16.1. The van der Waals surface area contributed by atoms with Crippen LogP contribution in [0.25, 0.3) is 0 Å². The van der Waals surface area contributed by atoms with Crippen molar-refractivity contribution in [1.29, 1.82) is 0 Å². The number of ether oxygens (including phenoxy) is 3. The van der Waals surface area contributed by atoms with Gasteiger partial charge in [0.05, 0.1) is 6.61 Å². The van der Waals surface area contributed by atoms with Crippen LogP contribution in [0.4, 0.5) is 0 Å². The van der Waals surface area contributed by atoms with Gasteiger partial charge in [-0.25, -0.2) is 5.84 Å². The molecule has 0 saturated carbocycles.